The van der Waals surface area contributed by atoms with E-state index in [2.05, 4.69) is 0 Å². The summed E-state index contributed by atoms with van der Waals surface area (Å²) in [5.41, 5.74) is 2.46. The predicted octanol–water partition coefficient (Wildman–Crippen LogP) is 4.21. The highest BCUT2D eigenvalue weighted by molar-refractivity contribution is 6.30. The maximum Gasteiger partial charge on any atom is 0.307 e. The fourth-order valence-corrected chi connectivity index (χ4v) is 3.53. The molecule has 1 aliphatic rings. The van der Waals surface area contributed by atoms with Crippen LogP contribution in [0.3, 0.4) is 0 Å². The van der Waals surface area contributed by atoms with Gasteiger partial charge in [-0.3, -0.25) is 14.4 Å². The van der Waals surface area contributed by atoms with Crippen LogP contribution in [0.2, 0.25) is 5.02 Å². The first kappa shape index (κ1) is 20.1. The number of Topliss-reactive ketones (excluding diaryl/α,β-unsaturated/α-hetero) is 1. The van der Waals surface area contributed by atoms with Crippen LogP contribution in [0, 0.1) is 0 Å². The average Bonchev–Trinajstić information content (AvgIpc) is 3.01. The number of benzene rings is 2. The van der Waals surface area contributed by atoms with Gasteiger partial charge in [0.15, 0.2) is 11.9 Å². The third-order valence-electron chi connectivity index (χ3n) is 4.82. The lowest BCUT2D eigenvalue weighted by Crippen LogP contribution is -2.43. The van der Waals surface area contributed by atoms with Crippen LogP contribution in [-0.2, 0) is 20.7 Å². The van der Waals surface area contributed by atoms with Gasteiger partial charge >= 0.3 is 5.97 Å². The van der Waals surface area contributed by atoms with Gasteiger partial charge in [0.1, 0.15) is 0 Å². The fourth-order valence-electron chi connectivity index (χ4n) is 3.40. The third-order valence-corrected chi connectivity index (χ3v) is 5.08. The normalized spacial score (nSPS) is 16.4. The summed E-state index contributed by atoms with van der Waals surface area (Å²) >= 11 is 5.81. The third kappa shape index (κ3) is 4.42. The average molecular weight is 400 g/mol. The molecule has 2 atom stereocenters. The maximum atomic E-state index is 12.8. The van der Waals surface area contributed by atoms with Gasteiger partial charge in [0.25, 0.3) is 5.91 Å². The number of halogens is 1. The number of hydrogen-bond acceptors (Lipinski definition) is 4. The molecule has 0 fully saturated rings. The SMILES string of the molecule is C[C@@H]1Cc2ccccc2N1C(=O)[C@@H](C)OC(=O)CCC(=O)c1ccc(Cl)cc1. The smallest absolute Gasteiger partial charge is 0.307 e. The van der Waals surface area contributed by atoms with E-state index in [-0.39, 0.29) is 30.6 Å². The van der Waals surface area contributed by atoms with Crippen LogP contribution >= 0.6 is 11.6 Å². The molecule has 0 saturated heterocycles. The van der Waals surface area contributed by atoms with Crippen molar-refractivity contribution < 1.29 is 19.1 Å². The monoisotopic (exact) mass is 399 g/mol. The number of fused-ring (bicyclic) bond motifs is 1. The topological polar surface area (TPSA) is 63.7 Å². The van der Waals surface area contributed by atoms with Crippen molar-refractivity contribution in [3.8, 4) is 0 Å². The van der Waals surface area contributed by atoms with Crippen molar-refractivity contribution in [2.45, 2.75) is 45.3 Å². The summed E-state index contributed by atoms with van der Waals surface area (Å²) in [5.74, 6) is -0.993. The van der Waals surface area contributed by atoms with Crippen LogP contribution in [0.15, 0.2) is 48.5 Å². The molecule has 0 aromatic heterocycles. The van der Waals surface area contributed by atoms with Crippen molar-refractivity contribution in [1.82, 2.24) is 0 Å². The Morgan fingerprint density at radius 1 is 1.11 bits per heavy atom. The number of para-hydroxylation sites is 1. The number of amides is 1. The Kier molecular flexibility index (Phi) is 6.15. The zero-order valence-electron chi connectivity index (χ0n) is 15.9. The summed E-state index contributed by atoms with van der Waals surface area (Å²) in [4.78, 5) is 38.8. The zero-order chi connectivity index (χ0) is 20.3. The summed E-state index contributed by atoms with van der Waals surface area (Å²) in [6, 6.07) is 14.2. The van der Waals surface area contributed by atoms with E-state index in [0.29, 0.717) is 10.6 Å². The largest absolute Gasteiger partial charge is 0.453 e. The first-order valence-corrected chi connectivity index (χ1v) is 9.64. The summed E-state index contributed by atoms with van der Waals surface area (Å²) < 4.78 is 5.29. The number of carbonyl (C=O) groups excluding carboxylic acids is 3. The van der Waals surface area contributed by atoms with E-state index in [1.54, 1.807) is 36.1 Å². The highest BCUT2D eigenvalue weighted by Crippen LogP contribution is 2.32. The van der Waals surface area contributed by atoms with Gasteiger partial charge in [-0.15, -0.1) is 0 Å². The molecule has 6 heteroatoms. The second-order valence-electron chi connectivity index (χ2n) is 6.95. The molecule has 0 bridgehead atoms. The first-order valence-electron chi connectivity index (χ1n) is 9.26. The molecule has 1 aliphatic heterocycles. The van der Waals surface area contributed by atoms with Gasteiger partial charge in [0.2, 0.25) is 0 Å². The van der Waals surface area contributed by atoms with Crippen molar-refractivity contribution in [3.63, 3.8) is 0 Å². The molecule has 0 aliphatic carbocycles. The van der Waals surface area contributed by atoms with E-state index in [1.165, 1.54) is 0 Å². The van der Waals surface area contributed by atoms with Gasteiger partial charge in [-0.25, -0.2) is 0 Å². The van der Waals surface area contributed by atoms with Crippen LogP contribution in [0.4, 0.5) is 5.69 Å². The quantitative estimate of drug-likeness (QED) is 0.539. The Balaban J connectivity index is 1.55. The molecule has 28 heavy (non-hydrogen) atoms. The van der Waals surface area contributed by atoms with E-state index in [9.17, 15) is 14.4 Å². The molecule has 0 spiro atoms. The van der Waals surface area contributed by atoms with E-state index in [0.717, 1.165) is 17.7 Å². The van der Waals surface area contributed by atoms with Gasteiger partial charge in [0.05, 0.1) is 6.42 Å². The highest BCUT2D eigenvalue weighted by atomic mass is 35.5. The number of anilines is 1. The van der Waals surface area contributed by atoms with Crippen molar-refractivity contribution in [1.29, 1.82) is 0 Å². The number of ether oxygens (including phenoxy) is 1. The van der Waals surface area contributed by atoms with Crippen molar-refractivity contribution in [3.05, 3.63) is 64.7 Å². The molecule has 0 radical (unpaired) electrons. The molecular formula is C22H22ClNO4. The van der Waals surface area contributed by atoms with Gasteiger partial charge in [-0.2, -0.15) is 0 Å². The van der Waals surface area contributed by atoms with Crippen molar-refractivity contribution in [2.75, 3.05) is 4.90 Å². The van der Waals surface area contributed by atoms with Crippen LogP contribution < -0.4 is 4.90 Å². The molecule has 0 saturated carbocycles. The van der Waals surface area contributed by atoms with Gasteiger partial charge in [-0.1, -0.05) is 29.8 Å². The molecule has 1 heterocycles. The molecule has 146 valence electrons. The first-order chi connectivity index (χ1) is 13.4. The fraction of sp³-hybridized carbons (Fsp3) is 0.318. The molecule has 0 unspecified atom stereocenters. The Hall–Kier alpha value is -2.66. The van der Waals surface area contributed by atoms with E-state index >= 15 is 0 Å². The van der Waals surface area contributed by atoms with Gasteiger partial charge in [0, 0.05) is 28.7 Å². The van der Waals surface area contributed by atoms with Crippen LogP contribution in [-0.4, -0.2) is 29.8 Å². The minimum atomic E-state index is -0.910. The molecule has 1 amide bonds. The summed E-state index contributed by atoms with van der Waals surface area (Å²) in [7, 11) is 0. The Morgan fingerprint density at radius 3 is 2.50 bits per heavy atom. The lowest BCUT2D eigenvalue weighted by Gasteiger charge is -2.25. The second-order valence-corrected chi connectivity index (χ2v) is 7.39. The minimum absolute atomic E-state index is 0.0116. The number of carbonyl (C=O) groups is 3. The lowest BCUT2D eigenvalue weighted by molar-refractivity contribution is -0.153. The number of ketones is 1. The highest BCUT2D eigenvalue weighted by Gasteiger charge is 2.34. The van der Waals surface area contributed by atoms with Crippen molar-refractivity contribution >= 4 is 34.9 Å². The molecule has 3 rings (SSSR count). The van der Waals surface area contributed by atoms with Gasteiger partial charge < -0.3 is 9.64 Å². The minimum Gasteiger partial charge on any atom is -0.453 e. The lowest BCUT2D eigenvalue weighted by atomic mass is 10.1. The summed E-state index contributed by atoms with van der Waals surface area (Å²) in [6.07, 6.45) is -0.194. The summed E-state index contributed by atoms with van der Waals surface area (Å²) in [6.45, 7) is 3.53. The number of rotatable bonds is 6. The van der Waals surface area contributed by atoms with E-state index in [4.69, 9.17) is 16.3 Å². The Labute approximate surface area is 169 Å². The summed E-state index contributed by atoms with van der Waals surface area (Å²) in [5, 5.41) is 0.543. The maximum absolute atomic E-state index is 12.8. The van der Waals surface area contributed by atoms with E-state index in [1.807, 2.05) is 31.2 Å². The van der Waals surface area contributed by atoms with Crippen LogP contribution in [0.1, 0.15) is 42.6 Å². The molecular weight excluding hydrogens is 378 g/mol. The predicted molar refractivity (Wildman–Crippen MR) is 108 cm³/mol. The second kappa shape index (κ2) is 8.57. The number of nitrogens with zero attached hydrogens (tertiary/aromatic N) is 1. The number of hydrogen-bond donors (Lipinski definition) is 0. The van der Waals surface area contributed by atoms with Crippen LogP contribution in [0.5, 0.6) is 0 Å². The molecule has 2 aromatic rings. The van der Waals surface area contributed by atoms with Gasteiger partial charge in [-0.05, 0) is 56.2 Å². The standard InChI is InChI=1S/C22H22ClNO4/c1-14-13-17-5-3-4-6-19(17)24(14)22(27)15(2)28-21(26)12-11-20(25)16-7-9-18(23)10-8-16/h3-10,14-15H,11-13H2,1-2H3/t14-,15-/m1/s1. The van der Waals surface area contributed by atoms with Crippen molar-refractivity contribution in [2.24, 2.45) is 0 Å². The molecule has 0 N–H and O–H groups in total. The van der Waals surface area contributed by atoms with E-state index < -0.39 is 12.1 Å². The molecule has 2 aromatic carbocycles. The number of esters is 1. The zero-order valence-corrected chi connectivity index (χ0v) is 16.6. The van der Waals surface area contributed by atoms with Crippen LogP contribution in [0.25, 0.3) is 0 Å². The Bertz CT molecular complexity index is 894. The molecule has 5 nitrogen and oxygen atoms in total. The Morgan fingerprint density at radius 2 is 1.79 bits per heavy atom.